The molecule has 2 heterocycles. The predicted molar refractivity (Wildman–Crippen MR) is 127 cm³/mol. The van der Waals surface area contributed by atoms with Gasteiger partial charge in [-0.3, -0.25) is 4.79 Å². The van der Waals surface area contributed by atoms with Crippen molar-refractivity contribution in [3.8, 4) is 17.1 Å². The molecule has 160 valence electrons. The summed E-state index contributed by atoms with van der Waals surface area (Å²) in [5, 5.41) is 5.31. The molecule has 0 atom stereocenters. The van der Waals surface area contributed by atoms with E-state index in [0.29, 0.717) is 25.4 Å². The van der Waals surface area contributed by atoms with Gasteiger partial charge in [-0.15, -0.1) is 5.10 Å². The van der Waals surface area contributed by atoms with Gasteiger partial charge >= 0.3 is 0 Å². The standard InChI is InChI=1S/C23H21Cl2N3O2S/c1-2-3-4-5-12-30-17-9-7-16(8-10-17)21-26-23-28(27-21)22(29)20(31-23)14-15-6-11-18(24)19(25)13-15/h6-11,13-14H,2-5,12H2,1H3/b20-14-. The van der Waals surface area contributed by atoms with Gasteiger partial charge in [-0.2, -0.15) is 9.50 Å². The molecule has 8 heteroatoms. The van der Waals surface area contributed by atoms with Gasteiger partial charge in [-0.1, -0.05) is 66.8 Å². The number of hydrogen-bond acceptors (Lipinski definition) is 5. The Morgan fingerprint density at radius 2 is 1.87 bits per heavy atom. The molecule has 2 aromatic heterocycles. The van der Waals surface area contributed by atoms with Crippen molar-refractivity contribution in [2.75, 3.05) is 6.61 Å². The molecule has 31 heavy (non-hydrogen) atoms. The quantitative estimate of drug-likeness (QED) is 0.311. The normalized spacial score (nSPS) is 12.0. The van der Waals surface area contributed by atoms with E-state index in [0.717, 1.165) is 29.9 Å². The van der Waals surface area contributed by atoms with Crippen LogP contribution in [0.1, 0.15) is 38.2 Å². The molecule has 0 fully saturated rings. The summed E-state index contributed by atoms with van der Waals surface area (Å²) in [4.78, 5) is 17.8. The number of halogens is 2. The maximum Gasteiger partial charge on any atom is 0.291 e. The SMILES string of the molecule is CCCCCCOc1ccc(-c2nc3s/c(=C\c4ccc(Cl)c(Cl)c4)c(=O)n3n2)cc1. The smallest absolute Gasteiger partial charge is 0.291 e. The summed E-state index contributed by atoms with van der Waals surface area (Å²) in [6.45, 7) is 2.91. The molecule has 0 aliphatic rings. The second-order valence-corrected chi connectivity index (χ2v) is 8.98. The van der Waals surface area contributed by atoms with Crippen LogP contribution < -0.4 is 14.8 Å². The summed E-state index contributed by atoms with van der Waals surface area (Å²) in [7, 11) is 0. The van der Waals surface area contributed by atoms with Crippen LogP contribution in [0.2, 0.25) is 10.0 Å². The lowest BCUT2D eigenvalue weighted by Crippen LogP contribution is -2.23. The first-order chi connectivity index (χ1) is 15.0. The van der Waals surface area contributed by atoms with Crippen molar-refractivity contribution in [1.82, 2.24) is 14.6 Å². The highest BCUT2D eigenvalue weighted by Gasteiger charge is 2.12. The van der Waals surface area contributed by atoms with Crippen molar-refractivity contribution >= 4 is 45.6 Å². The molecule has 5 nitrogen and oxygen atoms in total. The van der Waals surface area contributed by atoms with Crippen molar-refractivity contribution in [1.29, 1.82) is 0 Å². The number of rotatable bonds is 8. The van der Waals surface area contributed by atoms with Gasteiger partial charge in [-0.25, -0.2) is 0 Å². The number of benzene rings is 2. The lowest BCUT2D eigenvalue weighted by atomic mass is 10.2. The third-order valence-electron chi connectivity index (χ3n) is 4.80. The molecule has 0 N–H and O–H groups in total. The Bertz CT molecular complexity index is 1300. The Morgan fingerprint density at radius 1 is 1.06 bits per heavy atom. The van der Waals surface area contributed by atoms with Gasteiger partial charge in [0.25, 0.3) is 5.56 Å². The first-order valence-electron chi connectivity index (χ1n) is 10.1. The summed E-state index contributed by atoms with van der Waals surface area (Å²) in [6, 6.07) is 12.9. The zero-order chi connectivity index (χ0) is 21.8. The Kier molecular flexibility index (Phi) is 6.90. The monoisotopic (exact) mass is 473 g/mol. The van der Waals surface area contributed by atoms with Crippen LogP contribution in [-0.4, -0.2) is 21.2 Å². The van der Waals surface area contributed by atoms with E-state index in [1.54, 1.807) is 18.2 Å². The number of fused-ring (bicyclic) bond motifs is 1. The van der Waals surface area contributed by atoms with Crippen molar-refractivity contribution in [2.24, 2.45) is 0 Å². The maximum absolute atomic E-state index is 12.7. The van der Waals surface area contributed by atoms with E-state index in [2.05, 4.69) is 17.0 Å². The second kappa shape index (κ2) is 9.81. The van der Waals surface area contributed by atoms with Gasteiger partial charge in [0.05, 0.1) is 21.2 Å². The van der Waals surface area contributed by atoms with Crippen LogP contribution >= 0.6 is 34.5 Å². The van der Waals surface area contributed by atoms with Gasteiger partial charge < -0.3 is 4.74 Å². The summed E-state index contributed by atoms with van der Waals surface area (Å²) >= 11 is 13.3. The van der Waals surface area contributed by atoms with E-state index >= 15 is 0 Å². The first-order valence-corrected chi connectivity index (χ1v) is 11.7. The minimum Gasteiger partial charge on any atom is -0.494 e. The molecular weight excluding hydrogens is 453 g/mol. The van der Waals surface area contributed by atoms with Gasteiger partial charge in [0.2, 0.25) is 4.96 Å². The zero-order valence-electron chi connectivity index (χ0n) is 17.0. The molecular formula is C23H21Cl2N3O2S. The van der Waals surface area contributed by atoms with E-state index in [-0.39, 0.29) is 5.56 Å². The average molecular weight is 474 g/mol. The number of aromatic nitrogens is 3. The Balaban J connectivity index is 1.52. The van der Waals surface area contributed by atoms with Crippen LogP contribution in [0, 0.1) is 0 Å². The van der Waals surface area contributed by atoms with E-state index < -0.39 is 0 Å². The van der Waals surface area contributed by atoms with E-state index in [4.69, 9.17) is 27.9 Å². The Hall–Kier alpha value is -2.41. The Morgan fingerprint density at radius 3 is 2.58 bits per heavy atom. The van der Waals surface area contributed by atoms with Gasteiger partial charge in [-0.05, 0) is 54.5 Å². The molecule has 0 saturated carbocycles. The molecule has 2 aromatic carbocycles. The molecule has 0 spiro atoms. The third kappa shape index (κ3) is 5.09. The molecule has 0 aliphatic heterocycles. The van der Waals surface area contributed by atoms with Crippen LogP contribution in [0.4, 0.5) is 0 Å². The largest absolute Gasteiger partial charge is 0.494 e. The Labute approximate surface area is 193 Å². The van der Waals surface area contributed by atoms with Crippen molar-refractivity contribution in [3.63, 3.8) is 0 Å². The lowest BCUT2D eigenvalue weighted by Gasteiger charge is -2.06. The summed E-state index contributed by atoms with van der Waals surface area (Å²) in [5.74, 6) is 1.34. The number of hydrogen-bond donors (Lipinski definition) is 0. The molecule has 0 saturated heterocycles. The molecule has 0 radical (unpaired) electrons. The highest BCUT2D eigenvalue weighted by molar-refractivity contribution is 7.15. The van der Waals surface area contributed by atoms with E-state index in [9.17, 15) is 4.79 Å². The third-order valence-corrected chi connectivity index (χ3v) is 6.50. The maximum atomic E-state index is 12.7. The van der Waals surface area contributed by atoms with Gasteiger partial charge in [0.1, 0.15) is 5.75 Å². The molecule has 4 aromatic rings. The molecule has 0 bridgehead atoms. The molecule has 0 amide bonds. The van der Waals surface area contributed by atoms with Crippen molar-refractivity contribution in [3.05, 3.63) is 73.0 Å². The average Bonchev–Trinajstić information content (AvgIpc) is 3.31. The number of thiazole rings is 1. The van der Waals surface area contributed by atoms with Crippen LogP contribution in [0.5, 0.6) is 5.75 Å². The summed E-state index contributed by atoms with van der Waals surface area (Å²) < 4.78 is 7.65. The van der Waals surface area contributed by atoms with E-state index in [1.807, 2.05) is 30.3 Å². The topological polar surface area (TPSA) is 56.5 Å². The summed E-state index contributed by atoms with van der Waals surface area (Å²) in [5.41, 5.74) is 1.42. The van der Waals surface area contributed by atoms with Crippen molar-refractivity contribution in [2.45, 2.75) is 32.6 Å². The zero-order valence-corrected chi connectivity index (χ0v) is 19.3. The fraction of sp³-hybridized carbons (Fsp3) is 0.261. The van der Waals surface area contributed by atoms with Crippen LogP contribution in [0.25, 0.3) is 22.4 Å². The van der Waals surface area contributed by atoms with Crippen LogP contribution in [0.3, 0.4) is 0 Å². The number of nitrogens with zero attached hydrogens (tertiary/aromatic N) is 3. The van der Waals surface area contributed by atoms with Gasteiger partial charge in [0, 0.05) is 5.56 Å². The summed E-state index contributed by atoms with van der Waals surface area (Å²) in [6.07, 6.45) is 6.45. The fourth-order valence-electron chi connectivity index (χ4n) is 3.13. The van der Waals surface area contributed by atoms with E-state index in [1.165, 1.54) is 35.1 Å². The molecule has 0 unspecified atom stereocenters. The van der Waals surface area contributed by atoms with Crippen molar-refractivity contribution < 1.29 is 4.74 Å². The fourth-order valence-corrected chi connectivity index (χ4v) is 4.34. The lowest BCUT2D eigenvalue weighted by molar-refractivity contribution is 0.305. The van der Waals surface area contributed by atoms with Crippen LogP contribution in [-0.2, 0) is 0 Å². The minimum atomic E-state index is -0.211. The second-order valence-electron chi connectivity index (χ2n) is 7.15. The first kappa shape index (κ1) is 21.8. The highest BCUT2D eigenvalue weighted by atomic mass is 35.5. The van der Waals surface area contributed by atoms with Crippen LogP contribution in [0.15, 0.2) is 47.3 Å². The highest BCUT2D eigenvalue weighted by Crippen LogP contribution is 2.23. The molecule has 0 aliphatic carbocycles. The minimum absolute atomic E-state index is 0.211. The molecule has 4 rings (SSSR count). The number of unbranched alkanes of at least 4 members (excludes halogenated alkanes) is 3. The predicted octanol–water partition coefficient (Wildman–Crippen LogP) is 5.63. The van der Waals surface area contributed by atoms with Gasteiger partial charge in [0.15, 0.2) is 5.82 Å². The number of ether oxygens (including phenoxy) is 1.